The monoisotopic (exact) mass is 416 g/mol. The van der Waals surface area contributed by atoms with Crippen molar-refractivity contribution in [2.75, 3.05) is 5.32 Å². The van der Waals surface area contributed by atoms with Gasteiger partial charge in [-0.25, -0.2) is 4.79 Å². The van der Waals surface area contributed by atoms with E-state index in [2.05, 4.69) is 25.0 Å². The number of aromatic nitrogens is 3. The number of aromatic amines is 1. The summed E-state index contributed by atoms with van der Waals surface area (Å²) in [5, 5.41) is 6.53. The van der Waals surface area contributed by atoms with Crippen LogP contribution >= 0.6 is 0 Å². The Kier molecular flexibility index (Phi) is 5.61. The van der Waals surface area contributed by atoms with Crippen molar-refractivity contribution in [3.63, 3.8) is 0 Å². The zero-order valence-corrected chi connectivity index (χ0v) is 17.0. The molecule has 0 atom stereocenters. The summed E-state index contributed by atoms with van der Waals surface area (Å²) in [5.41, 5.74) is 4.40. The number of aryl methyl sites for hydroxylation is 2. The SMILES string of the molecule is Cc1cc(C(=O)Nc2cccc(-c3noc(=O)[nH]3)c2)cc(C)c1OCc1cccnc1. The Morgan fingerprint density at radius 2 is 1.94 bits per heavy atom. The van der Waals surface area contributed by atoms with Crippen LogP contribution in [0.15, 0.2) is 70.2 Å². The lowest BCUT2D eigenvalue weighted by Crippen LogP contribution is -2.13. The van der Waals surface area contributed by atoms with Crippen LogP contribution in [0.4, 0.5) is 5.69 Å². The first-order valence-corrected chi connectivity index (χ1v) is 9.60. The van der Waals surface area contributed by atoms with E-state index in [-0.39, 0.29) is 5.91 Å². The number of pyridine rings is 1. The molecule has 4 rings (SSSR count). The van der Waals surface area contributed by atoms with Crippen molar-refractivity contribution in [3.05, 3.63) is 93.7 Å². The highest BCUT2D eigenvalue weighted by Gasteiger charge is 2.13. The number of amides is 1. The predicted octanol–water partition coefficient (Wildman–Crippen LogP) is 3.87. The van der Waals surface area contributed by atoms with Gasteiger partial charge in [0.1, 0.15) is 12.4 Å². The van der Waals surface area contributed by atoms with Crippen molar-refractivity contribution < 1.29 is 14.1 Å². The molecule has 0 radical (unpaired) electrons. The number of rotatable bonds is 6. The highest BCUT2D eigenvalue weighted by molar-refractivity contribution is 6.04. The first-order valence-electron chi connectivity index (χ1n) is 9.60. The number of hydrogen-bond donors (Lipinski definition) is 2. The second-order valence-corrected chi connectivity index (χ2v) is 7.07. The topological polar surface area (TPSA) is 110 Å². The van der Waals surface area contributed by atoms with Crippen molar-refractivity contribution >= 4 is 11.6 Å². The van der Waals surface area contributed by atoms with Gasteiger partial charge in [-0.3, -0.25) is 19.3 Å². The van der Waals surface area contributed by atoms with Gasteiger partial charge in [0.2, 0.25) is 0 Å². The summed E-state index contributed by atoms with van der Waals surface area (Å²) >= 11 is 0. The first-order chi connectivity index (χ1) is 15.0. The van der Waals surface area contributed by atoms with Crippen LogP contribution in [-0.4, -0.2) is 21.0 Å². The van der Waals surface area contributed by atoms with E-state index in [9.17, 15) is 9.59 Å². The van der Waals surface area contributed by atoms with Gasteiger partial charge in [-0.2, -0.15) is 0 Å². The van der Waals surface area contributed by atoms with Crippen LogP contribution in [0.2, 0.25) is 0 Å². The minimum Gasteiger partial charge on any atom is -0.488 e. The van der Waals surface area contributed by atoms with E-state index in [0.717, 1.165) is 22.4 Å². The van der Waals surface area contributed by atoms with Crippen LogP contribution in [0.25, 0.3) is 11.4 Å². The van der Waals surface area contributed by atoms with Crippen LogP contribution in [0.1, 0.15) is 27.0 Å². The molecule has 0 fully saturated rings. The number of benzene rings is 2. The number of carbonyl (C=O) groups excluding carboxylic acids is 1. The fourth-order valence-electron chi connectivity index (χ4n) is 3.25. The van der Waals surface area contributed by atoms with Crippen LogP contribution in [0.5, 0.6) is 5.75 Å². The molecule has 2 aromatic carbocycles. The number of hydrogen-bond acceptors (Lipinski definition) is 6. The van der Waals surface area contributed by atoms with Gasteiger partial charge < -0.3 is 10.1 Å². The standard InChI is InChI=1S/C23H20N4O4/c1-14-9-18(10-15(2)20(14)30-13-16-5-4-8-24-12-16)22(28)25-19-7-3-6-17(11-19)21-26-23(29)31-27-21/h3-12H,13H2,1-2H3,(H,25,28)(H,26,27,29). The van der Waals surface area contributed by atoms with Gasteiger partial charge >= 0.3 is 5.76 Å². The van der Waals surface area contributed by atoms with Crippen molar-refractivity contribution in [2.24, 2.45) is 0 Å². The summed E-state index contributed by atoms with van der Waals surface area (Å²) in [6, 6.07) is 14.4. The van der Waals surface area contributed by atoms with E-state index < -0.39 is 5.76 Å². The first kappa shape index (κ1) is 20.1. The number of ether oxygens (including phenoxy) is 1. The molecular formula is C23H20N4O4. The fourth-order valence-corrected chi connectivity index (χ4v) is 3.25. The van der Waals surface area contributed by atoms with Gasteiger partial charge in [0.15, 0.2) is 5.82 Å². The summed E-state index contributed by atoms with van der Waals surface area (Å²) in [5.74, 6) is 0.150. The third-order valence-corrected chi connectivity index (χ3v) is 4.66. The van der Waals surface area contributed by atoms with E-state index in [4.69, 9.17) is 4.74 Å². The van der Waals surface area contributed by atoms with Crippen LogP contribution in [-0.2, 0) is 6.61 Å². The number of nitrogens with one attached hydrogen (secondary N) is 2. The van der Waals surface area contributed by atoms with Crippen molar-refractivity contribution in [1.82, 2.24) is 15.1 Å². The molecule has 0 aliphatic rings. The third-order valence-electron chi connectivity index (χ3n) is 4.66. The molecule has 0 saturated heterocycles. The molecule has 31 heavy (non-hydrogen) atoms. The average Bonchev–Trinajstić information content (AvgIpc) is 3.20. The molecule has 0 spiro atoms. The zero-order chi connectivity index (χ0) is 21.8. The summed E-state index contributed by atoms with van der Waals surface area (Å²) in [7, 11) is 0. The van der Waals surface area contributed by atoms with E-state index in [0.29, 0.717) is 29.2 Å². The lowest BCUT2D eigenvalue weighted by Gasteiger charge is -2.14. The molecule has 2 heterocycles. The Balaban J connectivity index is 1.49. The molecule has 0 aliphatic heterocycles. The maximum Gasteiger partial charge on any atom is 0.439 e. The minimum atomic E-state index is -0.638. The second-order valence-electron chi connectivity index (χ2n) is 7.07. The number of anilines is 1. The second kappa shape index (κ2) is 8.66. The molecule has 156 valence electrons. The van der Waals surface area contributed by atoms with E-state index in [1.165, 1.54) is 0 Å². The largest absolute Gasteiger partial charge is 0.488 e. The molecule has 8 heteroatoms. The van der Waals surface area contributed by atoms with Crippen molar-refractivity contribution in [2.45, 2.75) is 20.5 Å². The summed E-state index contributed by atoms with van der Waals surface area (Å²) in [6.45, 7) is 4.21. The van der Waals surface area contributed by atoms with Crippen molar-refractivity contribution in [1.29, 1.82) is 0 Å². The molecule has 2 N–H and O–H groups in total. The Labute approximate surface area is 177 Å². The Morgan fingerprint density at radius 3 is 2.61 bits per heavy atom. The molecule has 0 bridgehead atoms. The number of nitrogens with zero attached hydrogens (tertiary/aromatic N) is 2. The average molecular weight is 416 g/mol. The highest BCUT2D eigenvalue weighted by atomic mass is 16.5. The predicted molar refractivity (Wildman–Crippen MR) is 115 cm³/mol. The molecule has 0 unspecified atom stereocenters. The number of H-pyrrole nitrogens is 1. The maximum atomic E-state index is 12.8. The molecule has 1 amide bonds. The molecular weight excluding hydrogens is 396 g/mol. The lowest BCUT2D eigenvalue weighted by molar-refractivity contribution is 0.102. The van der Waals surface area contributed by atoms with Crippen LogP contribution in [0, 0.1) is 13.8 Å². The van der Waals surface area contributed by atoms with E-state index in [1.807, 2.05) is 26.0 Å². The smallest absolute Gasteiger partial charge is 0.439 e. The van der Waals surface area contributed by atoms with Gasteiger partial charge in [0.05, 0.1) is 0 Å². The van der Waals surface area contributed by atoms with E-state index in [1.54, 1.807) is 48.8 Å². The number of carbonyl (C=O) groups is 1. The summed E-state index contributed by atoms with van der Waals surface area (Å²) in [4.78, 5) is 30.5. The molecule has 2 aromatic heterocycles. The lowest BCUT2D eigenvalue weighted by atomic mass is 10.0. The van der Waals surface area contributed by atoms with Crippen LogP contribution < -0.4 is 15.8 Å². The van der Waals surface area contributed by atoms with Crippen molar-refractivity contribution in [3.8, 4) is 17.1 Å². The van der Waals surface area contributed by atoms with E-state index >= 15 is 0 Å². The minimum absolute atomic E-state index is 0.254. The fraction of sp³-hybridized carbons (Fsp3) is 0.130. The Bertz CT molecular complexity index is 1250. The zero-order valence-electron chi connectivity index (χ0n) is 17.0. The molecule has 0 saturated carbocycles. The van der Waals surface area contributed by atoms with Gasteiger partial charge in [0.25, 0.3) is 5.91 Å². The molecule has 4 aromatic rings. The van der Waals surface area contributed by atoms with Gasteiger partial charge in [0, 0.05) is 34.8 Å². The summed E-state index contributed by atoms with van der Waals surface area (Å²) in [6.07, 6.45) is 3.48. The van der Waals surface area contributed by atoms with Crippen LogP contribution in [0.3, 0.4) is 0 Å². The maximum absolute atomic E-state index is 12.8. The molecule has 8 nitrogen and oxygen atoms in total. The molecule has 0 aliphatic carbocycles. The summed E-state index contributed by atoms with van der Waals surface area (Å²) < 4.78 is 10.5. The Morgan fingerprint density at radius 1 is 1.13 bits per heavy atom. The Hall–Kier alpha value is -4.20. The normalized spacial score (nSPS) is 10.6. The van der Waals surface area contributed by atoms with Gasteiger partial charge in [-0.05, 0) is 55.3 Å². The third kappa shape index (κ3) is 4.69. The highest BCUT2D eigenvalue weighted by Crippen LogP contribution is 2.26. The quantitative estimate of drug-likeness (QED) is 0.494. The van der Waals surface area contributed by atoms with Gasteiger partial charge in [-0.15, -0.1) is 0 Å². The van der Waals surface area contributed by atoms with Gasteiger partial charge in [-0.1, -0.05) is 23.4 Å².